The normalized spacial score (nSPS) is 14.3. The van der Waals surface area contributed by atoms with Crippen LogP contribution in [0.2, 0.25) is 0 Å². The highest BCUT2D eigenvalue weighted by atomic mass is 14.7. The molecule has 0 atom stereocenters. The third-order valence-corrected chi connectivity index (χ3v) is 4.07. The molecule has 0 radical (unpaired) electrons. The minimum Gasteiger partial charge on any atom is -0.252 e. The van der Waals surface area contributed by atoms with Crippen LogP contribution >= 0.6 is 0 Å². The van der Waals surface area contributed by atoms with Crippen molar-refractivity contribution < 1.29 is 0 Å². The van der Waals surface area contributed by atoms with E-state index in [0.29, 0.717) is 0 Å². The molecule has 2 aromatic rings. The van der Waals surface area contributed by atoms with Gasteiger partial charge in [0.15, 0.2) is 0 Å². The monoisotopic (exact) mass is 236 g/mol. The van der Waals surface area contributed by atoms with E-state index in [-0.39, 0.29) is 0 Å². The van der Waals surface area contributed by atoms with Gasteiger partial charge in [0.1, 0.15) is 6.07 Å². The van der Waals surface area contributed by atoms with E-state index in [1.54, 1.807) is 0 Å². The standard InChI is InChI=1S/C16H16N2/c1-10-7-8-13-14(9-17)12-5-3-4-6-15(12)18-16(13)11(10)2/h7-8H,3-6H2,1-2H3. The highest BCUT2D eigenvalue weighted by Crippen LogP contribution is 2.30. The van der Waals surface area contributed by atoms with Crippen LogP contribution in [-0.2, 0) is 12.8 Å². The lowest BCUT2D eigenvalue weighted by Gasteiger charge is -2.18. The molecule has 0 amide bonds. The number of benzene rings is 1. The molecule has 2 heteroatoms. The van der Waals surface area contributed by atoms with Gasteiger partial charge in [0.05, 0.1) is 11.1 Å². The average Bonchev–Trinajstić information content (AvgIpc) is 2.41. The van der Waals surface area contributed by atoms with E-state index in [0.717, 1.165) is 35.0 Å². The van der Waals surface area contributed by atoms with Gasteiger partial charge in [-0.25, -0.2) is 0 Å². The molecule has 1 aromatic heterocycles. The van der Waals surface area contributed by atoms with Crippen molar-refractivity contribution in [3.8, 4) is 6.07 Å². The van der Waals surface area contributed by atoms with Crippen molar-refractivity contribution in [2.75, 3.05) is 0 Å². The number of hydrogen-bond acceptors (Lipinski definition) is 2. The number of nitriles is 1. The molecule has 1 aliphatic carbocycles. The molecule has 1 aromatic carbocycles. The Bertz CT molecular complexity index is 678. The van der Waals surface area contributed by atoms with Gasteiger partial charge in [-0.05, 0) is 56.2 Å². The van der Waals surface area contributed by atoms with Crippen molar-refractivity contribution in [2.45, 2.75) is 39.5 Å². The van der Waals surface area contributed by atoms with Crippen LogP contribution in [0.1, 0.15) is 40.8 Å². The molecule has 0 unspecified atom stereocenters. The van der Waals surface area contributed by atoms with Crippen LogP contribution in [0.25, 0.3) is 10.9 Å². The molecule has 0 saturated heterocycles. The number of rotatable bonds is 0. The largest absolute Gasteiger partial charge is 0.252 e. The third kappa shape index (κ3) is 1.51. The van der Waals surface area contributed by atoms with Gasteiger partial charge in [0.2, 0.25) is 0 Å². The molecular weight excluding hydrogens is 220 g/mol. The first-order valence-electron chi connectivity index (χ1n) is 6.54. The fraction of sp³-hybridized carbons (Fsp3) is 0.375. The summed E-state index contributed by atoms with van der Waals surface area (Å²) in [6.45, 7) is 4.20. The second-order valence-corrected chi connectivity index (χ2v) is 5.13. The van der Waals surface area contributed by atoms with Crippen LogP contribution in [0.4, 0.5) is 0 Å². The summed E-state index contributed by atoms with van der Waals surface area (Å²) in [4.78, 5) is 4.83. The first-order valence-corrected chi connectivity index (χ1v) is 6.54. The summed E-state index contributed by atoms with van der Waals surface area (Å²) >= 11 is 0. The summed E-state index contributed by atoms with van der Waals surface area (Å²) in [5, 5.41) is 10.5. The van der Waals surface area contributed by atoms with Gasteiger partial charge in [-0.2, -0.15) is 5.26 Å². The van der Waals surface area contributed by atoms with Gasteiger partial charge in [-0.1, -0.05) is 12.1 Å². The topological polar surface area (TPSA) is 36.7 Å². The molecule has 3 rings (SSSR count). The van der Waals surface area contributed by atoms with E-state index >= 15 is 0 Å². The molecule has 1 aliphatic rings. The number of aromatic nitrogens is 1. The number of hydrogen-bond donors (Lipinski definition) is 0. The Morgan fingerprint density at radius 2 is 1.94 bits per heavy atom. The first-order chi connectivity index (χ1) is 8.72. The average molecular weight is 236 g/mol. The molecule has 90 valence electrons. The van der Waals surface area contributed by atoms with E-state index in [1.807, 2.05) is 0 Å². The predicted octanol–water partition coefficient (Wildman–Crippen LogP) is 3.60. The zero-order valence-electron chi connectivity index (χ0n) is 10.9. The van der Waals surface area contributed by atoms with E-state index in [4.69, 9.17) is 4.98 Å². The zero-order valence-corrected chi connectivity index (χ0v) is 10.9. The molecule has 0 saturated carbocycles. The van der Waals surface area contributed by atoms with Crippen molar-refractivity contribution in [3.63, 3.8) is 0 Å². The maximum absolute atomic E-state index is 9.47. The summed E-state index contributed by atoms with van der Waals surface area (Å²) in [5.74, 6) is 0. The molecule has 1 heterocycles. The molecule has 0 aliphatic heterocycles. The van der Waals surface area contributed by atoms with Crippen LogP contribution in [0.15, 0.2) is 12.1 Å². The van der Waals surface area contributed by atoms with Gasteiger partial charge in [0.25, 0.3) is 0 Å². The zero-order chi connectivity index (χ0) is 12.7. The second-order valence-electron chi connectivity index (χ2n) is 5.13. The highest BCUT2D eigenvalue weighted by Gasteiger charge is 2.18. The maximum Gasteiger partial charge on any atom is 0.100 e. The lowest BCUT2D eigenvalue weighted by Crippen LogP contribution is -2.09. The predicted molar refractivity (Wildman–Crippen MR) is 72.6 cm³/mol. The number of nitrogens with zero attached hydrogens (tertiary/aromatic N) is 2. The lowest BCUT2D eigenvalue weighted by atomic mass is 9.89. The quantitative estimate of drug-likeness (QED) is 0.700. The molecular formula is C16H16N2. The summed E-state index contributed by atoms with van der Waals surface area (Å²) < 4.78 is 0. The van der Waals surface area contributed by atoms with Crippen molar-refractivity contribution in [3.05, 3.63) is 40.1 Å². The highest BCUT2D eigenvalue weighted by molar-refractivity contribution is 5.89. The Kier molecular flexibility index (Phi) is 2.56. The Morgan fingerprint density at radius 3 is 2.72 bits per heavy atom. The fourth-order valence-corrected chi connectivity index (χ4v) is 2.85. The third-order valence-electron chi connectivity index (χ3n) is 4.07. The van der Waals surface area contributed by atoms with Crippen LogP contribution in [0.5, 0.6) is 0 Å². The minimum absolute atomic E-state index is 0.859. The van der Waals surface area contributed by atoms with Crippen LogP contribution in [0, 0.1) is 25.2 Å². The number of pyridine rings is 1. The van der Waals surface area contributed by atoms with E-state index in [2.05, 4.69) is 32.0 Å². The van der Waals surface area contributed by atoms with E-state index in [9.17, 15) is 5.26 Å². The smallest absolute Gasteiger partial charge is 0.100 e. The molecule has 2 nitrogen and oxygen atoms in total. The molecule has 18 heavy (non-hydrogen) atoms. The van der Waals surface area contributed by atoms with Gasteiger partial charge in [0, 0.05) is 11.1 Å². The Balaban J connectivity index is 2.45. The van der Waals surface area contributed by atoms with Gasteiger partial charge in [-0.3, -0.25) is 4.98 Å². The number of fused-ring (bicyclic) bond motifs is 2. The number of aryl methyl sites for hydroxylation is 3. The molecule has 0 spiro atoms. The van der Waals surface area contributed by atoms with Crippen LogP contribution in [-0.4, -0.2) is 4.98 Å². The van der Waals surface area contributed by atoms with Crippen molar-refractivity contribution >= 4 is 10.9 Å². The van der Waals surface area contributed by atoms with Gasteiger partial charge in [-0.15, -0.1) is 0 Å². The van der Waals surface area contributed by atoms with Gasteiger partial charge < -0.3 is 0 Å². The van der Waals surface area contributed by atoms with Crippen molar-refractivity contribution in [1.82, 2.24) is 4.98 Å². The fourth-order valence-electron chi connectivity index (χ4n) is 2.85. The molecule has 0 N–H and O–H groups in total. The maximum atomic E-state index is 9.47. The minimum atomic E-state index is 0.859. The van der Waals surface area contributed by atoms with Crippen LogP contribution in [0.3, 0.4) is 0 Å². The summed E-state index contributed by atoms with van der Waals surface area (Å²) in [5.41, 5.74) is 6.68. The Morgan fingerprint density at radius 1 is 1.17 bits per heavy atom. The van der Waals surface area contributed by atoms with Crippen LogP contribution < -0.4 is 0 Å². The SMILES string of the molecule is Cc1ccc2c(C#N)c3c(nc2c1C)CCCC3. The van der Waals surface area contributed by atoms with Gasteiger partial charge >= 0.3 is 0 Å². The summed E-state index contributed by atoms with van der Waals surface area (Å²) in [6.07, 6.45) is 4.41. The second kappa shape index (κ2) is 4.10. The molecule has 0 bridgehead atoms. The summed E-state index contributed by atoms with van der Waals surface area (Å²) in [7, 11) is 0. The summed E-state index contributed by atoms with van der Waals surface area (Å²) in [6, 6.07) is 6.55. The van der Waals surface area contributed by atoms with E-state index in [1.165, 1.54) is 29.5 Å². The Hall–Kier alpha value is -1.88. The lowest BCUT2D eigenvalue weighted by molar-refractivity contribution is 0.670. The molecule has 0 fully saturated rings. The van der Waals surface area contributed by atoms with E-state index < -0.39 is 0 Å². The first kappa shape index (κ1) is 11.2. The van der Waals surface area contributed by atoms with Crippen molar-refractivity contribution in [2.24, 2.45) is 0 Å². The van der Waals surface area contributed by atoms with Crippen molar-refractivity contribution in [1.29, 1.82) is 5.26 Å². The Labute approximate surface area is 107 Å².